The van der Waals surface area contributed by atoms with Gasteiger partial charge in [0, 0.05) is 6.54 Å². The lowest BCUT2D eigenvalue weighted by atomic mass is 9.92. The van der Waals surface area contributed by atoms with Crippen molar-refractivity contribution >= 4 is 18.3 Å². The van der Waals surface area contributed by atoms with Gasteiger partial charge < -0.3 is 20.5 Å². The quantitative estimate of drug-likeness (QED) is 0.844. The zero-order valence-corrected chi connectivity index (χ0v) is 14.0. The summed E-state index contributed by atoms with van der Waals surface area (Å²) in [7, 11) is 3.18. The monoisotopic (exact) mass is 316 g/mol. The summed E-state index contributed by atoms with van der Waals surface area (Å²) >= 11 is 0. The van der Waals surface area contributed by atoms with Crippen LogP contribution in [0.5, 0.6) is 11.5 Å². The molecule has 1 aromatic carbocycles. The summed E-state index contributed by atoms with van der Waals surface area (Å²) < 4.78 is 10.5. The zero-order valence-electron chi connectivity index (χ0n) is 13.2. The Bertz CT molecular complexity index is 478. The Hall–Kier alpha value is -1.46. The number of carbonyl (C=O) groups is 1. The van der Waals surface area contributed by atoms with Gasteiger partial charge in [-0.2, -0.15) is 0 Å². The zero-order chi connectivity index (χ0) is 15.3. The molecule has 0 radical (unpaired) electrons. The van der Waals surface area contributed by atoms with Crippen LogP contribution in [0, 0.1) is 5.41 Å². The molecule has 0 fully saturated rings. The van der Waals surface area contributed by atoms with Gasteiger partial charge in [0.05, 0.1) is 25.7 Å². The average molecular weight is 317 g/mol. The first-order valence-corrected chi connectivity index (χ1v) is 6.58. The highest BCUT2D eigenvalue weighted by Crippen LogP contribution is 2.30. The number of halogens is 1. The van der Waals surface area contributed by atoms with Crippen LogP contribution in [0.4, 0.5) is 0 Å². The van der Waals surface area contributed by atoms with E-state index < -0.39 is 5.41 Å². The molecule has 3 N–H and O–H groups in total. The second-order valence-electron chi connectivity index (χ2n) is 5.40. The van der Waals surface area contributed by atoms with E-state index in [1.54, 1.807) is 14.2 Å². The predicted molar refractivity (Wildman–Crippen MR) is 86.2 cm³/mol. The Morgan fingerprint density at radius 3 is 2.33 bits per heavy atom. The van der Waals surface area contributed by atoms with E-state index in [9.17, 15) is 4.79 Å². The number of rotatable bonds is 6. The molecule has 21 heavy (non-hydrogen) atoms. The van der Waals surface area contributed by atoms with Crippen LogP contribution in [-0.2, 0) is 4.79 Å². The molecule has 1 amide bonds. The fourth-order valence-electron chi connectivity index (χ4n) is 1.69. The normalized spacial score (nSPS) is 12.1. The van der Waals surface area contributed by atoms with Gasteiger partial charge in [0.15, 0.2) is 11.5 Å². The summed E-state index contributed by atoms with van der Waals surface area (Å²) in [6, 6.07) is 5.46. The van der Waals surface area contributed by atoms with Gasteiger partial charge in [0.1, 0.15) is 0 Å². The lowest BCUT2D eigenvalue weighted by molar-refractivity contribution is -0.129. The highest BCUT2D eigenvalue weighted by molar-refractivity contribution is 5.85. The van der Waals surface area contributed by atoms with Gasteiger partial charge in [0.25, 0.3) is 0 Å². The second-order valence-corrected chi connectivity index (χ2v) is 5.40. The fourth-order valence-corrected chi connectivity index (χ4v) is 1.69. The van der Waals surface area contributed by atoms with Gasteiger partial charge in [0.2, 0.25) is 5.91 Å². The molecule has 0 aliphatic heterocycles. The van der Waals surface area contributed by atoms with Crippen molar-refractivity contribution in [2.45, 2.75) is 26.8 Å². The Kier molecular flexibility index (Phi) is 7.53. The van der Waals surface area contributed by atoms with Crippen LogP contribution in [0.2, 0.25) is 0 Å². The summed E-state index contributed by atoms with van der Waals surface area (Å²) in [6.45, 7) is 5.87. The molecule has 0 saturated heterocycles. The molecule has 0 saturated carbocycles. The summed E-state index contributed by atoms with van der Waals surface area (Å²) in [5.41, 5.74) is 5.98. The lowest BCUT2D eigenvalue weighted by Gasteiger charge is -2.25. The maximum atomic E-state index is 12.1. The number of ether oxygens (including phenoxy) is 2. The number of hydrogen-bond donors (Lipinski definition) is 2. The second kappa shape index (κ2) is 8.10. The van der Waals surface area contributed by atoms with E-state index in [-0.39, 0.29) is 24.4 Å². The molecule has 0 bridgehead atoms. The van der Waals surface area contributed by atoms with Gasteiger partial charge in [-0.25, -0.2) is 0 Å². The molecular formula is C15H25ClN2O3. The van der Waals surface area contributed by atoms with Crippen molar-refractivity contribution in [3.8, 4) is 11.5 Å². The lowest BCUT2D eigenvalue weighted by Crippen LogP contribution is -2.42. The van der Waals surface area contributed by atoms with Crippen molar-refractivity contribution < 1.29 is 14.3 Å². The van der Waals surface area contributed by atoms with E-state index in [4.69, 9.17) is 15.2 Å². The minimum Gasteiger partial charge on any atom is -0.493 e. The van der Waals surface area contributed by atoms with Crippen LogP contribution >= 0.6 is 12.4 Å². The van der Waals surface area contributed by atoms with E-state index in [1.165, 1.54) is 0 Å². The summed E-state index contributed by atoms with van der Waals surface area (Å²) in [4.78, 5) is 12.1. The van der Waals surface area contributed by atoms with Crippen molar-refractivity contribution in [3.63, 3.8) is 0 Å². The predicted octanol–water partition coefficient (Wildman–Crippen LogP) is 2.29. The maximum absolute atomic E-state index is 12.1. The topological polar surface area (TPSA) is 73.6 Å². The third-order valence-corrected chi connectivity index (χ3v) is 3.38. The van der Waals surface area contributed by atoms with Gasteiger partial charge >= 0.3 is 0 Å². The highest BCUT2D eigenvalue weighted by Gasteiger charge is 2.27. The Morgan fingerprint density at radius 2 is 1.86 bits per heavy atom. The maximum Gasteiger partial charge on any atom is 0.227 e. The Morgan fingerprint density at radius 1 is 1.29 bits per heavy atom. The Labute approximate surface area is 132 Å². The van der Waals surface area contributed by atoms with Crippen molar-refractivity contribution in [3.05, 3.63) is 23.8 Å². The van der Waals surface area contributed by atoms with E-state index in [2.05, 4.69) is 5.32 Å². The molecule has 0 aliphatic carbocycles. The minimum atomic E-state index is -0.579. The van der Waals surface area contributed by atoms with E-state index in [0.717, 1.165) is 5.56 Å². The average Bonchev–Trinajstić information content (AvgIpc) is 2.46. The van der Waals surface area contributed by atoms with Gasteiger partial charge in [-0.15, -0.1) is 12.4 Å². The molecule has 1 aromatic rings. The fraction of sp³-hybridized carbons (Fsp3) is 0.533. The van der Waals surface area contributed by atoms with Crippen LogP contribution in [0.15, 0.2) is 18.2 Å². The molecule has 1 atom stereocenters. The molecule has 6 heteroatoms. The van der Waals surface area contributed by atoms with Gasteiger partial charge in [-0.3, -0.25) is 4.79 Å². The summed E-state index contributed by atoms with van der Waals surface area (Å²) in [5.74, 6) is 1.24. The number of hydrogen-bond acceptors (Lipinski definition) is 4. The van der Waals surface area contributed by atoms with E-state index in [1.807, 2.05) is 39.0 Å². The van der Waals surface area contributed by atoms with Crippen LogP contribution in [0.3, 0.4) is 0 Å². The minimum absolute atomic E-state index is 0. The number of methoxy groups -OCH3 is 2. The molecule has 1 unspecified atom stereocenters. The highest BCUT2D eigenvalue weighted by atomic mass is 35.5. The molecule has 5 nitrogen and oxygen atoms in total. The molecule has 0 aromatic heterocycles. The molecule has 0 spiro atoms. The number of benzene rings is 1. The van der Waals surface area contributed by atoms with E-state index >= 15 is 0 Å². The van der Waals surface area contributed by atoms with Gasteiger partial charge in [-0.05, 0) is 38.5 Å². The number of nitrogens with two attached hydrogens (primary N) is 1. The number of amides is 1. The standard InChI is InChI=1S/C15H24N2O3.ClH/c1-10(17-14(18)15(2,3)9-16)11-6-7-12(19-4)13(8-11)20-5;/h6-8,10H,9,16H2,1-5H3,(H,17,18);1H. The van der Waals surface area contributed by atoms with Gasteiger partial charge in [-0.1, -0.05) is 6.07 Å². The first-order valence-electron chi connectivity index (χ1n) is 6.58. The van der Waals surface area contributed by atoms with Crippen LogP contribution in [0.25, 0.3) is 0 Å². The number of nitrogens with one attached hydrogen (secondary N) is 1. The largest absolute Gasteiger partial charge is 0.493 e. The number of carbonyl (C=O) groups excluding carboxylic acids is 1. The van der Waals surface area contributed by atoms with Crippen LogP contribution in [0.1, 0.15) is 32.4 Å². The molecule has 0 heterocycles. The third kappa shape index (κ3) is 4.79. The van der Waals surface area contributed by atoms with Crippen molar-refractivity contribution in [1.29, 1.82) is 0 Å². The molecule has 1 rings (SSSR count). The third-order valence-electron chi connectivity index (χ3n) is 3.38. The first-order chi connectivity index (χ1) is 9.35. The van der Waals surface area contributed by atoms with Crippen molar-refractivity contribution in [2.75, 3.05) is 20.8 Å². The van der Waals surface area contributed by atoms with E-state index in [0.29, 0.717) is 18.0 Å². The van der Waals surface area contributed by atoms with Crippen molar-refractivity contribution in [1.82, 2.24) is 5.32 Å². The molecule has 0 aliphatic rings. The molecular weight excluding hydrogens is 292 g/mol. The summed E-state index contributed by atoms with van der Waals surface area (Å²) in [5, 5.41) is 2.96. The molecule has 120 valence electrons. The summed E-state index contributed by atoms with van der Waals surface area (Å²) in [6.07, 6.45) is 0. The van der Waals surface area contributed by atoms with Crippen LogP contribution in [-0.4, -0.2) is 26.7 Å². The van der Waals surface area contributed by atoms with Crippen molar-refractivity contribution in [2.24, 2.45) is 11.1 Å². The Balaban J connectivity index is 0.00000400. The first kappa shape index (κ1) is 19.5. The smallest absolute Gasteiger partial charge is 0.227 e. The SMILES string of the molecule is COc1ccc(C(C)NC(=O)C(C)(C)CN)cc1OC.Cl. The van der Waals surface area contributed by atoms with Crippen LogP contribution < -0.4 is 20.5 Å².